The molecule has 0 aliphatic carbocycles. The molecule has 12 heavy (non-hydrogen) atoms. The Morgan fingerprint density at radius 2 is 2.08 bits per heavy atom. The van der Waals surface area contributed by atoms with Crippen molar-refractivity contribution in [3.8, 4) is 0 Å². The van der Waals surface area contributed by atoms with Gasteiger partial charge in [-0.1, -0.05) is 15.9 Å². The summed E-state index contributed by atoms with van der Waals surface area (Å²) in [6.07, 6.45) is 2.12. The zero-order chi connectivity index (χ0) is 8.97. The molecule has 66 valence electrons. The third kappa shape index (κ3) is 3.62. The normalized spacial score (nSPS) is 10.2. The highest BCUT2D eigenvalue weighted by molar-refractivity contribution is 14.1. The number of benzene rings is 1. The summed E-state index contributed by atoms with van der Waals surface area (Å²) in [7, 11) is 0. The van der Waals surface area contributed by atoms with Crippen molar-refractivity contribution in [2.75, 3.05) is 5.88 Å². The fraction of sp³-hybridized carbons (Fsp3) is 0.333. The van der Waals surface area contributed by atoms with Crippen LogP contribution in [0, 0.1) is 3.57 Å². The number of aryl methyl sites for hydroxylation is 1. The van der Waals surface area contributed by atoms with Crippen molar-refractivity contribution in [2.24, 2.45) is 0 Å². The summed E-state index contributed by atoms with van der Waals surface area (Å²) >= 11 is 11.4. The maximum atomic E-state index is 5.62. The van der Waals surface area contributed by atoms with E-state index in [1.165, 1.54) is 9.13 Å². The molecule has 0 heterocycles. The van der Waals surface area contributed by atoms with Crippen LogP contribution in [0.1, 0.15) is 12.0 Å². The summed E-state index contributed by atoms with van der Waals surface area (Å²) in [6.45, 7) is 0. The van der Waals surface area contributed by atoms with E-state index in [1.807, 2.05) is 0 Å². The summed E-state index contributed by atoms with van der Waals surface area (Å²) in [5.74, 6) is 0.739. The summed E-state index contributed by atoms with van der Waals surface area (Å²) in [4.78, 5) is 0. The Labute approximate surface area is 100.0 Å². The molecule has 1 aromatic carbocycles. The molecule has 0 unspecified atom stereocenters. The molecule has 0 bridgehead atoms. The Kier molecular flexibility index (Phi) is 4.90. The quantitative estimate of drug-likeness (QED) is 0.560. The van der Waals surface area contributed by atoms with E-state index in [0.717, 1.165) is 23.2 Å². The van der Waals surface area contributed by atoms with Crippen LogP contribution in [-0.2, 0) is 6.42 Å². The molecule has 0 N–H and O–H groups in total. The molecule has 0 fully saturated rings. The van der Waals surface area contributed by atoms with Gasteiger partial charge in [0.15, 0.2) is 0 Å². The highest BCUT2D eigenvalue weighted by atomic mass is 127. The molecule has 0 aromatic heterocycles. The molecule has 0 nitrogen and oxygen atoms in total. The van der Waals surface area contributed by atoms with Crippen molar-refractivity contribution in [3.63, 3.8) is 0 Å². The largest absolute Gasteiger partial charge is 0.127 e. The average Bonchev–Trinajstić information content (AvgIpc) is 1.99. The highest BCUT2D eigenvalue weighted by Crippen LogP contribution is 2.18. The fourth-order valence-corrected chi connectivity index (χ4v) is 2.86. The van der Waals surface area contributed by atoms with Gasteiger partial charge in [-0.3, -0.25) is 0 Å². The minimum absolute atomic E-state index is 0.739. The zero-order valence-electron chi connectivity index (χ0n) is 6.49. The third-order valence-electron chi connectivity index (χ3n) is 1.52. The first-order valence-electron chi connectivity index (χ1n) is 3.73. The second kappa shape index (κ2) is 5.45. The lowest BCUT2D eigenvalue weighted by Gasteiger charge is -2.01. The maximum absolute atomic E-state index is 5.62. The minimum atomic E-state index is 0.739. The van der Waals surface area contributed by atoms with Gasteiger partial charge in [0.2, 0.25) is 0 Å². The molecule has 0 atom stereocenters. The Balaban J connectivity index is 2.72. The van der Waals surface area contributed by atoms with Gasteiger partial charge in [0, 0.05) is 13.9 Å². The van der Waals surface area contributed by atoms with E-state index >= 15 is 0 Å². The van der Waals surface area contributed by atoms with Crippen LogP contribution in [0.25, 0.3) is 0 Å². The van der Waals surface area contributed by atoms with Crippen molar-refractivity contribution in [3.05, 3.63) is 31.8 Å². The summed E-state index contributed by atoms with van der Waals surface area (Å²) < 4.78 is 2.42. The van der Waals surface area contributed by atoms with Crippen LogP contribution in [0.2, 0.25) is 0 Å². The van der Waals surface area contributed by atoms with Crippen LogP contribution in [0.3, 0.4) is 0 Å². The van der Waals surface area contributed by atoms with E-state index < -0.39 is 0 Å². The lowest BCUT2D eigenvalue weighted by Crippen LogP contribution is -1.87. The Bertz CT molecular complexity index is 242. The van der Waals surface area contributed by atoms with Crippen LogP contribution in [0.4, 0.5) is 0 Å². The van der Waals surface area contributed by atoms with Gasteiger partial charge < -0.3 is 0 Å². The van der Waals surface area contributed by atoms with Crippen molar-refractivity contribution >= 4 is 50.1 Å². The van der Waals surface area contributed by atoms with E-state index in [2.05, 4.69) is 56.7 Å². The molecule has 0 spiro atoms. The Hall–Kier alpha value is 0.720. The second-order valence-corrected chi connectivity index (χ2v) is 5.11. The average molecular weight is 359 g/mol. The van der Waals surface area contributed by atoms with Crippen molar-refractivity contribution in [1.82, 2.24) is 0 Å². The fourth-order valence-electron chi connectivity index (χ4n) is 1.03. The van der Waals surface area contributed by atoms with Crippen LogP contribution in [-0.4, -0.2) is 5.88 Å². The van der Waals surface area contributed by atoms with Gasteiger partial charge in [-0.25, -0.2) is 0 Å². The van der Waals surface area contributed by atoms with Gasteiger partial charge in [-0.2, -0.15) is 0 Å². The number of alkyl halides is 1. The molecule has 0 amide bonds. The molecular formula is C9H9BrClI. The SMILES string of the molecule is ClCCCc1cc(Br)cc(I)c1. The standard InChI is InChI=1S/C9H9BrClI/c10-8-4-7(2-1-3-11)5-9(12)6-8/h4-6H,1-3H2. The van der Waals surface area contributed by atoms with Crippen molar-refractivity contribution in [1.29, 1.82) is 0 Å². The van der Waals surface area contributed by atoms with Gasteiger partial charge in [0.1, 0.15) is 0 Å². The first kappa shape index (κ1) is 10.8. The molecule has 1 aromatic rings. The maximum Gasteiger partial charge on any atom is 0.0226 e. The van der Waals surface area contributed by atoms with Gasteiger partial charge in [-0.15, -0.1) is 11.6 Å². The van der Waals surface area contributed by atoms with Crippen LogP contribution in [0.15, 0.2) is 22.7 Å². The molecule has 1 rings (SSSR count). The third-order valence-corrected chi connectivity index (χ3v) is 2.87. The lowest BCUT2D eigenvalue weighted by atomic mass is 10.1. The Morgan fingerprint density at radius 1 is 1.33 bits per heavy atom. The van der Waals surface area contributed by atoms with Crippen molar-refractivity contribution in [2.45, 2.75) is 12.8 Å². The topological polar surface area (TPSA) is 0 Å². The van der Waals surface area contributed by atoms with Gasteiger partial charge in [0.05, 0.1) is 0 Å². The van der Waals surface area contributed by atoms with E-state index in [-0.39, 0.29) is 0 Å². The van der Waals surface area contributed by atoms with Gasteiger partial charge in [-0.05, 0) is 59.2 Å². The van der Waals surface area contributed by atoms with Crippen LogP contribution in [0.5, 0.6) is 0 Å². The summed E-state index contributed by atoms with van der Waals surface area (Å²) in [5.41, 5.74) is 1.36. The summed E-state index contributed by atoms with van der Waals surface area (Å²) in [6, 6.07) is 6.44. The molecule has 0 aliphatic heterocycles. The monoisotopic (exact) mass is 358 g/mol. The molecular weight excluding hydrogens is 350 g/mol. The molecule has 0 saturated heterocycles. The molecule has 0 saturated carbocycles. The smallest absolute Gasteiger partial charge is 0.0226 e. The first-order valence-corrected chi connectivity index (χ1v) is 6.14. The summed E-state index contributed by atoms with van der Waals surface area (Å²) in [5, 5.41) is 0. The number of rotatable bonds is 3. The lowest BCUT2D eigenvalue weighted by molar-refractivity contribution is 0.927. The predicted molar refractivity (Wildman–Crippen MR) is 65.9 cm³/mol. The van der Waals surface area contributed by atoms with E-state index in [1.54, 1.807) is 0 Å². The van der Waals surface area contributed by atoms with E-state index in [9.17, 15) is 0 Å². The first-order chi connectivity index (χ1) is 5.72. The number of hydrogen-bond acceptors (Lipinski definition) is 0. The van der Waals surface area contributed by atoms with Crippen molar-refractivity contribution < 1.29 is 0 Å². The van der Waals surface area contributed by atoms with E-state index in [4.69, 9.17) is 11.6 Å². The minimum Gasteiger partial charge on any atom is -0.127 e. The van der Waals surface area contributed by atoms with Gasteiger partial charge >= 0.3 is 0 Å². The van der Waals surface area contributed by atoms with Crippen LogP contribution < -0.4 is 0 Å². The van der Waals surface area contributed by atoms with Gasteiger partial charge in [0.25, 0.3) is 0 Å². The molecule has 0 aliphatic rings. The number of hydrogen-bond donors (Lipinski definition) is 0. The molecule has 0 radical (unpaired) electrons. The highest BCUT2D eigenvalue weighted by Gasteiger charge is 1.96. The van der Waals surface area contributed by atoms with E-state index in [0.29, 0.717) is 0 Å². The Morgan fingerprint density at radius 3 is 2.67 bits per heavy atom. The number of halogens is 3. The van der Waals surface area contributed by atoms with Crippen LogP contribution >= 0.6 is 50.1 Å². The second-order valence-electron chi connectivity index (χ2n) is 2.57. The predicted octanol–water partition coefficient (Wildman–Crippen LogP) is 4.23. The zero-order valence-corrected chi connectivity index (χ0v) is 11.0. The molecule has 3 heteroatoms.